The fraction of sp³-hybridized carbons (Fsp3) is 0.833. The molecular weight excluding hydrogens is 1000 g/mol. The van der Waals surface area contributed by atoms with E-state index in [1.807, 2.05) is 0 Å². The minimum atomic E-state index is -4.75. The highest BCUT2D eigenvalue weighted by atomic mass is 31.2. The number of aliphatic hydroxyl groups excluding tert-OH is 1. The Bertz CT molecular complexity index is 1490. The molecule has 12 heteroatoms. The van der Waals surface area contributed by atoms with Gasteiger partial charge in [-0.05, 0) is 83.5 Å². The smallest absolute Gasteiger partial charge is 0.462 e. The second kappa shape index (κ2) is 60.5. The molecule has 0 rings (SSSR count). The standard InChI is InChI=1S/C66H121O11P/c1-4-7-10-13-16-19-22-25-28-30-31-33-36-39-42-45-48-51-54-57-66(70)77-63(59-73-64(68)55-52-49-46-43-40-37-35-32-29-26-23-20-17-14-11-8-5-2)61-75-78(71,72)74-60-62(58-67)76-65(69)56-53-50-47-44-41-38-34-27-24-21-18-15-12-9-6-3/h16,19,25-26,28-29,31,33,62-63,67H,4-15,17-18,20-24,27,30,32,34-61H2,1-3H3,(H,71,72)/b19-16-,28-25-,29-26-,33-31-. The third-order valence-corrected chi connectivity index (χ3v) is 15.2. The van der Waals surface area contributed by atoms with Crippen molar-refractivity contribution < 1.29 is 52.2 Å². The van der Waals surface area contributed by atoms with Crippen LogP contribution in [0.5, 0.6) is 0 Å². The van der Waals surface area contributed by atoms with Crippen LogP contribution in [0.25, 0.3) is 0 Å². The van der Waals surface area contributed by atoms with E-state index in [9.17, 15) is 28.9 Å². The van der Waals surface area contributed by atoms with Crippen molar-refractivity contribution in [3.8, 4) is 0 Å². The Balaban J connectivity index is 4.71. The average Bonchev–Trinajstić information content (AvgIpc) is 3.43. The summed E-state index contributed by atoms with van der Waals surface area (Å²) in [6, 6.07) is 0. The van der Waals surface area contributed by atoms with Crippen molar-refractivity contribution in [2.75, 3.05) is 26.4 Å². The van der Waals surface area contributed by atoms with E-state index in [1.54, 1.807) is 0 Å². The van der Waals surface area contributed by atoms with Gasteiger partial charge in [-0.25, -0.2) is 4.57 Å². The lowest BCUT2D eigenvalue weighted by Gasteiger charge is -2.21. The predicted octanol–water partition coefficient (Wildman–Crippen LogP) is 19.7. The molecule has 0 amide bonds. The van der Waals surface area contributed by atoms with E-state index < -0.39 is 57.8 Å². The number of rotatable bonds is 61. The summed E-state index contributed by atoms with van der Waals surface area (Å²) in [6.07, 6.45) is 66.2. The van der Waals surface area contributed by atoms with Crippen LogP contribution in [0.1, 0.15) is 316 Å². The van der Waals surface area contributed by atoms with E-state index in [-0.39, 0.29) is 25.9 Å². The van der Waals surface area contributed by atoms with Gasteiger partial charge in [-0.2, -0.15) is 0 Å². The number of unbranched alkanes of at least 4 members (excludes halogenated alkanes) is 36. The molecule has 0 saturated carbocycles. The largest absolute Gasteiger partial charge is 0.472 e. The maximum Gasteiger partial charge on any atom is 0.472 e. The number of phosphoric acid groups is 1. The van der Waals surface area contributed by atoms with Gasteiger partial charge >= 0.3 is 25.7 Å². The number of ether oxygens (including phenoxy) is 3. The van der Waals surface area contributed by atoms with E-state index in [2.05, 4.69) is 69.4 Å². The summed E-state index contributed by atoms with van der Waals surface area (Å²) >= 11 is 0. The molecule has 0 radical (unpaired) electrons. The van der Waals surface area contributed by atoms with Crippen molar-refractivity contribution in [1.29, 1.82) is 0 Å². The van der Waals surface area contributed by atoms with Crippen LogP contribution in [0.15, 0.2) is 48.6 Å². The summed E-state index contributed by atoms with van der Waals surface area (Å²) in [5, 5.41) is 9.85. The average molecular weight is 1120 g/mol. The Morgan fingerprint density at radius 1 is 0.359 bits per heavy atom. The molecule has 2 N–H and O–H groups in total. The van der Waals surface area contributed by atoms with Crippen LogP contribution in [-0.2, 0) is 42.2 Å². The van der Waals surface area contributed by atoms with Crippen molar-refractivity contribution in [2.24, 2.45) is 0 Å². The molecule has 3 unspecified atom stereocenters. The molecule has 0 bridgehead atoms. The molecular formula is C66H121O11P. The molecule has 456 valence electrons. The fourth-order valence-corrected chi connectivity index (χ4v) is 10.0. The molecule has 11 nitrogen and oxygen atoms in total. The van der Waals surface area contributed by atoms with Gasteiger partial charge in [-0.3, -0.25) is 23.4 Å². The second-order valence-corrected chi connectivity index (χ2v) is 23.4. The Hall–Kier alpha value is -2.56. The van der Waals surface area contributed by atoms with Crippen molar-refractivity contribution in [3.63, 3.8) is 0 Å². The SMILES string of the molecule is CCCCC/C=C\C/C=C\C/C=C\CCCCCCCCC(=O)OC(COC(=O)CCCCCCCCC/C=C\CCCCCCCC)COP(=O)(O)OCC(CO)OC(=O)CCCCCCCCCCCCCCCCC. The Morgan fingerprint density at radius 2 is 0.628 bits per heavy atom. The van der Waals surface area contributed by atoms with Crippen LogP contribution in [-0.4, -0.2) is 66.5 Å². The van der Waals surface area contributed by atoms with Gasteiger partial charge in [0.25, 0.3) is 0 Å². The fourth-order valence-electron chi connectivity index (χ4n) is 9.24. The first-order chi connectivity index (χ1) is 38.2. The molecule has 0 fully saturated rings. The van der Waals surface area contributed by atoms with Crippen LogP contribution >= 0.6 is 7.82 Å². The summed E-state index contributed by atoms with van der Waals surface area (Å²) < 4.78 is 39.7. The Kier molecular flexibility index (Phi) is 58.5. The first-order valence-corrected chi connectivity index (χ1v) is 34.0. The summed E-state index contributed by atoms with van der Waals surface area (Å²) in [4.78, 5) is 48.7. The maximum absolute atomic E-state index is 13.0. The highest BCUT2D eigenvalue weighted by molar-refractivity contribution is 7.47. The van der Waals surface area contributed by atoms with Gasteiger partial charge in [0.15, 0.2) is 6.10 Å². The Labute approximate surface area is 479 Å². The van der Waals surface area contributed by atoms with Crippen molar-refractivity contribution in [3.05, 3.63) is 48.6 Å². The first kappa shape index (κ1) is 75.4. The molecule has 3 atom stereocenters. The van der Waals surface area contributed by atoms with Gasteiger partial charge in [-0.1, -0.05) is 262 Å². The molecule has 0 aromatic heterocycles. The third-order valence-electron chi connectivity index (χ3n) is 14.2. The molecule has 0 aliphatic heterocycles. The molecule has 0 aromatic carbocycles. The summed E-state index contributed by atoms with van der Waals surface area (Å²) in [5.74, 6) is -1.46. The van der Waals surface area contributed by atoms with Gasteiger partial charge in [0.2, 0.25) is 0 Å². The zero-order valence-electron chi connectivity index (χ0n) is 50.6. The number of hydrogen-bond acceptors (Lipinski definition) is 10. The van der Waals surface area contributed by atoms with Gasteiger partial charge in [0.1, 0.15) is 12.7 Å². The molecule has 78 heavy (non-hydrogen) atoms. The molecule has 0 aliphatic carbocycles. The van der Waals surface area contributed by atoms with Crippen LogP contribution in [0, 0.1) is 0 Å². The van der Waals surface area contributed by atoms with Gasteiger partial charge in [0.05, 0.1) is 19.8 Å². The van der Waals surface area contributed by atoms with Gasteiger partial charge < -0.3 is 24.2 Å². The van der Waals surface area contributed by atoms with Gasteiger partial charge in [-0.15, -0.1) is 0 Å². The zero-order chi connectivity index (χ0) is 56.9. The van der Waals surface area contributed by atoms with Crippen molar-refractivity contribution in [2.45, 2.75) is 328 Å². The zero-order valence-corrected chi connectivity index (χ0v) is 51.5. The van der Waals surface area contributed by atoms with Crippen LogP contribution in [0.4, 0.5) is 0 Å². The number of allylic oxidation sites excluding steroid dienone is 8. The summed E-state index contributed by atoms with van der Waals surface area (Å²) in [7, 11) is -4.75. The van der Waals surface area contributed by atoms with Crippen LogP contribution in [0.3, 0.4) is 0 Å². The topological polar surface area (TPSA) is 155 Å². The molecule has 0 heterocycles. The quantitative estimate of drug-likeness (QED) is 0.0197. The van der Waals surface area contributed by atoms with Gasteiger partial charge in [0, 0.05) is 19.3 Å². The second-order valence-electron chi connectivity index (χ2n) is 21.9. The molecule has 0 aromatic rings. The van der Waals surface area contributed by atoms with E-state index in [0.717, 1.165) is 96.3 Å². The predicted molar refractivity (Wildman–Crippen MR) is 325 cm³/mol. The summed E-state index contributed by atoms with van der Waals surface area (Å²) in [6.45, 7) is 4.66. The molecule has 0 saturated heterocycles. The monoisotopic (exact) mass is 1120 g/mol. The highest BCUT2D eigenvalue weighted by Gasteiger charge is 2.28. The highest BCUT2D eigenvalue weighted by Crippen LogP contribution is 2.43. The van der Waals surface area contributed by atoms with Crippen molar-refractivity contribution >= 4 is 25.7 Å². The van der Waals surface area contributed by atoms with Crippen LogP contribution < -0.4 is 0 Å². The number of hydrogen-bond donors (Lipinski definition) is 2. The lowest BCUT2D eigenvalue weighted by molar-refractivity contribution is -0.161. The van der Waals surface area contributed by atoms with E-state index in [4.69, 9.17) is 23.3 Å². The van der Waals surface area contributed by atoms with Crippen molar-refractivity contribution in [1.82, 2.24) is 0 Å². The molecule has 0 spiro atoms. The molecule has 0 aliphatic rings. The number of aliphatic hydroxyl groups is 1. The lowest BCUT2D eigenvalue weighted by atomic mass is 10.0. The Morgan fingerprint density at radius 3 is 1.00 bits per heavy atom. The minimum absolute atomic E-state index is 0.154. The number of carbonyl (C=O) groups excluding carboxylic acids is 3. The minimum Gasteiger partial charge on any atom is -0.462 e. The number of phosphoric ester groups is 1. The summed E-state index contributed by atoms with van der Waals surface area (Å²) in [5.41, 5.74) is 0. The number of carbonyl (C=O) groups is 3. The third kappa shape index (κ3) is 58.1. The van der Waals surface area contributed by atoms with E-state index in [0.29, 0.717) is 19.3 Å². The first-order valence-electron chi connectivity index (χ1n) is 32.5. The van der Waals surface area contributed by atoms with E-state index >= 15 is 0 Å². The number of esters is 3. The normalized spacial score (nSPS) is 13.6. The lowest BCUT2D eigenvalue weighted by Crippen LogP contribution is -2.30. The van der Waals surface area contributed by atoms with Crippen LogP contribution in [0.2, 0.25) is 0 Å². The van der Waals surface area contributed by atoms with E-state index in [1.165, 1.54) is 161 Å². The maximum atomic E-state index is 13.0.